The molecule has 1 aromatic rings. The number of aliphatic hydroxyl groups is 1. The minimum atomic E-state index is -0.475. The average Bonchev–Trinajstić information content (AvgIpc) is 2.38. The minimum absolute atomic E-state index is 0.00748. The van der Waals surface area contributed by atoms with Crippen molar-refractivity contribution in [2.24, 2.45) is 0 Å². The Kier molecular flexibility index (Phi) is 4.40. The molecule has 0 bridgehead atoms. The zero-order valence-electron chi connectivity index (χ0n) is 10.5. The number of halogens is 1. The Balaban J connectivity index is 2.24. The Morgan fingerprint density at radius 2 is 2.17 bits per heavy atom. The van der Waals surface area contributed by atoms with E-state index in [-0.39, 0.29) is 11.9 Å². The van der Waals surface area contributed by atoms with E-state index >= 15 is 0 Å². The number of hydrogen-bond donors (Lipinski definition) is 1. The number of hydrogen-bond acceptors (Lipinski definition) is 2. The largest absolute Gasteiger partial charge is 0.391 e. The van der Waals surface area contributed by atoms with Gasteiger partial charge >= 0.3 is 0 Å². The van der Waals surface area contributed by atoms with Gasteiger partial charge in [0.1, 0.15) is 0 Å². The lowest BCUT2D eigenvalue weighted by Crippen LogP contribution is -2.49. The van der Waals surface area contributed by atoms with Gasteiger partial charge in [0.15, 0.2) is 0 Å². The summed E-state index contributed by atoms with van der Waals surface area (Å²) in [6, 6.07) is 7.38. The predicted octanol–water partition coefficient (Wildman–Crippen LogP) is 2.82. The quantitative estimate of drug-likeness (QED) is 0.912. The molecule has 2 atom stereocenters. The highest BCUT2D eigenvalue weighted by atomic mass is 79.9. The smallest absolute Gasteiger partial charge is 0.255 e. The van der Waals surface area contributed by atoms with Crippen molar-refractivity contribution in [2.45, 2.75) is 38.3 Å². The summed E-state index contributed by atoms with van der Waals surface area (Å²) in [6.45, 7) is 2.49. The van der Waals surface area contributed by atoms with E-state index in [1.165, 1.54) is 0 Å². The van der Waals surface area contributed by atoms with Gasteiger partial charge in [0, 0.05) is 11.0 Å². The number of benzene rings is 1. The van der Waals surface area contributed by atoms with E-state index in [9.17, 15) is 9.90 Å². The van der Waals surface area contributed by atoms with Crippen molar-refractivity contribution < 1.29 is 9.90 Å². The highest BCUT2D eigenvalue weighted by Crippen LogP contribution is 2.25. The summed E-state index contributed by atoms with van der Waals surface area (Å²) in [4.78, 5) is 14.3. The molecule has 3 nitrogen and oxygen atoms in total. The van der Waals surface area contributed by atoms with E-state index in [1.807, 2.05) is 29.2 Å². The molecule has 0 saturated carbocycles. The van der Waals surface area contributed by atoms with E-state index in [1.54, 1.807) is 6.92 Å². The van der Waals surface area contributed by atoms with Crippen LogP contribution in [0, 0.1) is 0 Å². The van der Waals surface area contributed by atoms with Gasteiger partial charge in [0.05, 0.1) is 17.7 Å². The van der Waals surface area contributed by atoms with Gasteiger partial charge in [0.2, 0.25) is 0 Å². The molecule has 98 valence electrons. The zero-order chi connectivity index (χ0) is 13.1. The molecule has 0 spiro atoms. The van der Waals surface area contributed by atoms with Gasteiger partial charge < -0.3 is 10.0 Å². The van der Waals surface area contributed by atoms with Gasteiger partial charge in [-0.1, -0.05) is 12.1 Å². The van der Waals surface area contributed by atoms with Gasteiger partial charge in [-0.15, -0.1) is 0 Å². The van der Waals surface area contributed by atoms with Crippen LogP contribution in [0.1, 0.15) is 36.5 Å². The maximum Gasteiger partial charge on any atom is 0.255 e. The van der Waals surface area contributed by atoms with Crippen LogP contribution >= 0.6 is 15.9 Å². The molecule has 1 aliphatic heterocycles. The molecule has 18 heavy (non-hydrogen) atoms. The van der Waals surface area contributed by atoms with Crippen molar-refractivity contribution in [3.63, 3.8) is 0 Å². The standard InChI is InChI=1S/C14H18BrNO2/c1-10(17)13-8-4-5-9-16(13)14(18)11-6-2-3-7-12(11)15/h2-3,6-7,10,13,17H,4-5,8-9H2,1H3. The number of aliphatic hydroxyl groups excluding tert-OH is 1. The van der Waals surface area contributed by atoms with Gasteiger partial charge in [0.25, 0.3) is 5.91 Å². The lowest BCUT2D eigenvalue weighted by atomic mass is 9.97. The summed E-state index contributed by atoms with van der Waals surface area (Å²) in [5.41, 5.74) is 0.671. The summed E-state index contributed by atoms with van der Waals surface area (Å²) in [5.74, 6) is 0.00748. The highest BCUT2D eigenvalue weighted by Gasteiger charge is 2.31. The Labute approximate surface area is 116 Å². The average molecular weight is 312 g/mol. The first-order valence-electron chi connectivity index (χ1n) is 6.35. The summed E-state index contributed by atoms with van der Waals surface area (Å²) in [5, 5.41) is 9.81. The van der Waals surface area contributed by atoms with Crippen LogP contribution in [-0.4, -0.2) is 34.6 Å². The topological polar surface area (TPSA) is 40.5 Å². The minimum Gasteiger partial charge on any atom is -0.391 e. The van der Waals surface area contributed by atoms with Gasteiger partial charge in [-0.3, -0.25) is 4.79 Å². The van der Waals surface area contributed by atoms with E-state index in [4.69, 9.17) is 0 Å². The molecular formula is C14H18BrNO2. The molecular weight excluding hydrogens is 294 g/mol. The summed E-state index contributed by atoms with van der Waals surface area (Å²) in [7, 11) is 0. The number of piperidine rings is 1. The fourth-order valence-corrected chi connectivity index (χ4v) is 2.95. The summed E-state index contributed by atoms with van der Waals surface area (Å²) >= 11 is 3.41. The molecule has 1 fully saturated rings. The molecule has 0 aromatic heterocycles. The summed E-state index contributed by atoms with van der Waals surface area (Å²) in [6.07, 6.45) is 2.50. The van der Waals surface area contributed by atoms with Crippen LogP contribution in [0.2, 0.25) is 0 Å². The molecule has 2 unspecified atom stereocenters. The van der Waals surface area contributed by atoms with Crippen molar-refractivity contribution in [2.75, 3.05) is 6.54 Å². The molecule has 1 aliphatic rings. The normalized spacial score (nSPS) is 21.7. The molecule has 1 N–H and O–H groups in total. The van der Waals surface area contributed by atoms with Crippen molar-refractivity contribution >= 4 is 21.8 Å². The van der Waals surface area contributed by atoms with Crippen molar-refractivity contribution in [3.05, 3.63) is 34.3 Å². The zero-order valence-corrected chi connectivity index (χ0v) is 12.1. The molecule has 1 aromatic carbocycles. The Morgan fingerprint density at radius 1 is 1.44 bits per heavy atom. The highest BCUT2D eigenvalue weighted by molar-refractivity contribution is 9.10. The predicted molar refractivity (Wildman–Crippen MR) is 74.5 cm³/mol. The second-order valence-corrected chi connectivity index (χ2v) is 5.64. The van der Waals surface area contributed by atoms with E-state index in [2.05, 4.69) is 15.9 Å². The SMILES string of the molecule is CC(O)C1CCCCN1C(=O)c1ccccc1Br. The van der Waals surface area contributed by atoms with Crippen LogP contribution in [-0.2, 0) is 0 Å². The maximum absolute atomic E-state index is 12.5. The number of carbonyl (C=O) groups excluding carboxylic acids is 1. The number of nitrogens with zero attached hydrogens (tertiary/aromatic N) is 1. The first-order valence-corrected chi connectivity index (χ1v) is 7.14. The van der Waals surface area contributed by atoms with Crippen LogP contribution in [0.3, 0.4) is 0 Å². The van der Waals surface area contributed by atoms with Crippen molar-refractivity contribution in [1.29, 1.82) is 0 Å². The second kappa shape index (κ2) is 5.85. The monoisotopic (exact) mass is 311 g/mol. The van der Waals surface area contributed by atoms with Crippen LogP contribution in [0.4, 0.5) is 0 Å². The lowest BCUT2D eigenvalue weighted by Gasteiger charge is -2.37. The Morgan fingerprint density at radius 3 is 2.83 bits per heavy atom. The third-order valence-electron chi connectivity index (χ3n) is 3.47. The molecule has 4 heteroatoms. The van der Waals surface area contributed by atoms with Gasteiger partial charge in [-0.25, -0.2) is 0 Å². The van der Waals surface area contributed by atoms with E-state index < -0.39 is 6.10 Å². The molecule has 2 rings (SSSR count). The molecule has 1 saturated heterocycles. The Hall–Kier alpha value is -0.870. The van der Waals surface area contributed by atoms with Crippen molar-refractivity contribution in [1.82, 2.24) is 4.90 Å². The number of likely N-dealkylation sites (tertiary alicyclic amines) is 1. The van der Waals surface area contributed by atoms with Crippen LogP contribution in [0.15, 0.2) is 28.7 Å². The van der Waals surface area contributed by atoms with Crippen LogP contribution < -0.4 is 0 Å². The molecule has 0 radical (unpaired) electrons. The third-order valence-corrected chi connectivity index (χ3v) is 4.16. The second-order valence-electron chi connectivity index (χ2n) is 4.78. The van der Waals surface area contributed by atoms with Gasteiger partial charge in [-0.05, 0) is 54.2 Å². The molecule has 1 amide bonds. The fourth-order valence-electron chi connectivity index (χ4n) is 2.50. The maximum atomic E-state index is 12.5. The van der Waals surface area contributed by atoms with Crippen LogP contribution in [0.5, 0.6) is 0 Å². The number of rotatable bonds is 2. The third kappa shape index (κ3) is 2.75. The van der Waals surface area contributed by atoms with E-state index in [0.717, 1.165) is 30.3 Å². The fraction of sp³-hybridized carbons (Fsp3) is 0.500. The van der Waals surface area contributed by atoms with Crippen molar-refractivity contribution in [3.8, 4) is 0 Å². The number of amides is 1. The molecule has 0 aliphatic carbocycles. The van der Waals surface area contributed by atoms with Crippen LogP contribution in [0.25, 0.3) is 0 Å². The summed E-state index contributed by atoms with van der Waals surface area (Å²) < 4.78 is 0.810. The number of carbonyl (C=O) groups is 1. The van der Waals surface area contributed by atoms with Gasteiger partial charge in [-0.2, -0.15) is 0 Å². The Bertz CT molecular complexity index is 434. The lowest BCUT2D eigenvalue weighted by molar-refractivity contribution is 0.0280. The first kappa shape index (κ1) is 13.6. The molecule has 1 heterocycles. The first-order chi connectivity index (χ1) is 8.61. The van der Waals surface area contributed by atoms with E-state index in [0.29, 0.717) is 5.56 Å².